The van der Waals surface area contributed by atoms with Gasteiger partial charge >= 0.3 is 6.36 Å². The highest BCUT2D eigenvalue weighted by Crippen LogP contribution is 2.36. The molecule has 0 fully saturated rings. The van der Waals surface area contributed by atoms with Gasteiger partial charge in [0, 0.05) is 35.6 Å². The molecule has 1 N–H and O–H groups in total. The largest absolute Gasteiger partial charge is 0.573 e. The molecule has 0 saturated carbocycles. The Hall–Kier alpha value is -2.33. The van der Waals surface area contributed by atoms with E-state index in [-0.39, 0.29) is 18.2 Å². The molecule has 0 spiro atoms. The van der Waals surface area contributed by atoms with Crippen molar-refractivity contribution in [1.29, 1.82) is 0 Å². The molecule has 0 amide bonds. The first-order valence-electron chi connectivity index (χ1n) is 9.62. The van der Waals surface area contributed by atoms with E-state index in [0.717, 1.165) is 35.0 Å². The summed E-state index contributed by atoms with van der Waals surface area (Å²) in [6.07, 6.45) is -4.74. The summed E-state index contributed by atoms with van der Waals surface area (Å²) in [5, 5.41) is 3.76. The number of benzene rings is 2. The van der Waals surface area contributed by atoms with Crippen LogP contribution in [0, 0.1) is 0 Å². The number of thiazole rings is 1. The standard InChI is InChI=1S/C22H24F3N3O2S.ClH/c1-26-11-12-28(2)14-19-20(15-7-9-17(29-3)10-8-15)27-21(31-19)16-5-4-6-18(13-16)30-22(23,24)25;/h4-10,13,26H,11-12,14H2,1-3H3;1H. The third-order valence-corrected chi connectivity index (χ3v) is 5.62. The summed E-state index contributed by atoms with van der Waals surface area (Å²) in [7, 11) is 5.53. The van der Waals surface area contributed by atoms with E-state index < -0.39 is 6.36 Å². The zero-order valence-electron chi connectivity index (χ0n) is 17.9. The van der Waals surface area contributed by atoms with E-state index in [1.807, 2.05) is 38.4 Å². The summed E-state index contributed by atoms with van der Waals surface area (Å²) >= 11 is 1.46. The van der Waals surface area contributed by atoms with Crippen molar-refractivity contribution in [3.8, 4) is 33.3 Å². The van der Waals surface area contributed by atoms with Gasteiger partial charge in [-0.3, -0.25) is 4.90 Å². The van der Waals surface area contributed by atoms with Crippen molar-refractivity contribution in [2.24, 2.45) is 0 Å². The molecule has 3 rings (SSSR count). The van der Waals surface area contributed by atoms with Crippen molar-refractivity contribution in [2.75, 3.05) is 34.3 Å². The van der Waals surface area contributed by atoms with E-state index >= 15 is 0 Å². The Morgan fingerprint density at radius 2 is 1.78 bits per heavy atom. The highest BCUT2D eigenvalue weighted by atomic mass is 35.5. The SMILES string of the molecule is CNCCN(C)Cc1sc(-c2cccc(OC(F)(F)F)c2)nc1-c1ccc(OC)cc1.Cl. The monoisotopic (exact) mass is 487 g/mol. The van der Waals surface area contributed by atoms with Gasteiger partial charge in [0.25, 0.3) is 0 Å². The fraction of sp³-hybridized carbons (Fsp3) is 0.318. The van der Waals surface area contributed by atoms with Gasteiger partial charge in [-0.25, -0.2) is 4.98 Å². The Balaban J connectivity index is 0.00000363. The quantitative estimate of drug-likeness (QED) is 0.434. The molecule has 2 aromatic carbocycles. The van der Waals surface area contributed by atoms with Gasteiger partial charge in [-0.1, -0.05) is 12.1 Å². The van der Waals surface area contributed by atoms with Gasteiger partial charge in [-0.2, -0.15) is 0 Å². The van der Waals surface area contributed by atoms with Crippen LogP contribution in [0.3, 0.4) is 0 Å². The lowest BCUT2D eigenvalue weighted by Crippen LogP contribution is -2.26. The summed E-state index contributed by atoms with van der Waals surface area (Å²) in [4.78, 5) is 7.97. The number of nitrogens with zero attached hydrogens (tertiary/aromatic N) is 2. The molecule has 0 radical (unpaired) electrons. The molecule has 0 aliphatic rings. The van der Waals surface area contributed by atoms with Crippen LogP contribution in [-0.2, 0) is 6.54 Å². The van der Waals surface area contributed by atoms with Crippen molar-refractivity contribution in [1.82, 2.24) is 15.2 Å². The normalized spacial score (nSPS) is 11.3. The highest BCUT2D eigenvalue weighted by Gasteiger charge is 2.31. The lowest BCUT2D eigenvalue weighted by Gasteiger charge is -2.16. The molecule has 0 atom stereocenters. The zero-order chi connectivity index (χ0) is 22.4. The Kier molecular flexibility index (Phi) is 9.33. The molecule has 174 valence electrons. The molecule has 0 unspecified atom stereocenters. The van der Waals surface area contributed by atoms with Crippen molar-refractivity contribution >= 4 is 23.7 Å². The van der Waals surface area contributed by atoms with E-state index in [1.54, 1.807) is 13.2 Å². The second-order valence-corrected chi connectivity index (χ2v) is 8.02. The van der Waals surface area contributed by atoms with Gasteiger partial charge < -0.3 is 14.8 Å². The van der Waals surface area contributed by atoms with Crippen LogP contribution >= 0.6 is 23.7 Å². The number of methoxy groups -OCH3 is 1. The number of hydrogen-bond acceptors (Lipinski definition) is 6. The van der Waals surface area contributed by atoms with E-state index in [1.165, 1.54) is 29.5 Å². The van der Waals surface area contributed by atoms with Gasteiger partial charge in [0.2, 0.25) is 0 Å². The van der Waals surface area contributed by atoms with Crippen LogP contribution in [0.25, 0.3) is 21.8 Å². The van der Waals surface area contributed by atoms with Gasteiger partial charge in [0.15, 0.2) is 0 Å². The minimum absolute atomic E-state index is 0. The van der Waals surface area contributed by atoms with E-state index in [0.29, 0.717) is 17.1 Å². The Bertz CT molecular complexity index is 997. The summed E-state index contributed by atoms with van der Waals surface area (Å²) in [5.74, 6) is 0.475. The minimum Gasteiger partial charge on any atom is -0.497 e. The maximum absolute atomic E-state index is 12.6. The average molecular weight is 488 g/mol. The molecule has 1 aromatic heterocycles. The van der Waals surface area contributed by atoms with Gasteiger partial charge in [0.1, 0.15) is 16.5 Å². The summed E-state index contributed by atoms with van der Waals surface area (Å²) in [5.41, 5.74) is 2.30. The summed E-state index contributed by atoms with van der Waals surface area (Å²) in [6.45, 7) is 2.36. The molecule has 0 aliphatic carbocycles. The molecular formula is C22H25ClF3N3O2S. The number of rotatable bonds is 9. The molecule has 0 bridgehead atoms. The Morgan fingerprint density at radius 3 is 2.41 bits per heavy atom. The lowest BCUT2D eigenvalue weighted by atomic mass is 10.1. The van der Waals surface area contributed by atoms with E-state index in [9.17, 15) is 13.2 Å². The molecule has 3 aromatic rings. The number of hydrogen-bond donors (Lipinski definition) is 1. The minimum atomic E-state index is -4.74. The van der Waals surface area contributed by atoms with Crippen LogP contribution in [0.15, 0.2) is 48.5 Å². The number of ether oxygens (including phenoxy) is 2. The van der Waals surface area contributed by atoms with Crippen molar-refractivity contribution in [3.05, 3.63) is 53.4 Å². The fourth-order valence-corrected chi connectivity index (χ4v) is 4.17. The highest BCUT2D eigenvalue weighted by molar-refractivity contribution is 7.15. The maximum Gasteiger partial charge on any atom is 0.573 e. The maximum atomic E-state index is 12.6. The van der Waals surface area contributed by atoms with E-state index in [2.05, 4.69) is 15.0 Å². The van der Waals surface area contributed by atoms with Crippen LogP contribution in [0.4, 0.5) is 13.2 Å². The first kappa shape index (κ1) is 25.9. The Morgan fingerprint density at radius 1 is 1.06 bits per heavy atom. The van der Waals surface area contributed by atoms with Crippen molar-refractivity contribution in [2.45, 2.75) is 12.9 Å². The average Bonchev–Trinajstić information content (AvgIpc) is 3.15. The van der Waals surface area contributed by atoms with Crippen LogP contribution in [0.5, 0.6) is 11.5 Å². The molecule has 32 heavy (non-hydrogen) atoms. The van der Waals surface area contributed by atoms with Gasteiger partial charge in [-0.15, -0.1) is 36.9 Å². The molecular weight excluding hydrogens is 463 g/mol. The number of likely N-dealkylation sites (N-methyl/N-ethyl adjacent to an activating group) is 2. The van der Waals surface area contributed by atoms with E-state index in [4.69, 9.17) is 9.72 Å². The zero-order valence-corrected chi connectivity index (χ0v) is 19.5. The second kappa shape index (κ2) is 11.5. The number of halogens is 4. The third-order valence-electron chi connectivity index (χ3n) is 4.53. The predicted molar refractivity (Wildman–Crippen MR) is 124 cm³/mol. The molecule has 1 heterocycles. The van der Waals surface area contributed by atoms with Crippen LogP contribution < -0.4 is 14.8 Å². The smallest absolute Gasteiger partial charge is 0.497 e. The van der Waals surface area contributed by atoms with Crippen LogP contribution in [-0.4, -0.2) is 50.5 Å². The fourth-order valence-electron chi connectivity index (χ4n) is 3.01. The lowest BCUT2D eigenvalue weighted by molar-refractivity contribution is -0.274. The first-order valence-corrected chi connectivity index (χ1v) is 10.4. The summed E-state index contributed by atoms with van der Waals surface area (Å²) in [6, 6.07) is 13.5. The molecule has 5 nitrogen and oxygen atoms in total. The predicted octanol–water partition coefficient (Wildman–Crippen LogP) is 5.46. The van der Waals surface area contributed by atoms with Crippen LogP contribution in [0.2, 0.25) is 0 Å². The second-order valence-electron chi connectivity index (χ2n) is 6.94. The van der Waals surface area contributed by atoms with Crippen molar-refractivity contribution < 1.29 is 22.6 Å². The van der Waals surface area contributed by atoms with Gasteiger partial charge in [-0.05, 0) is 50.5 Å². The molecule has 10 heteroatoms. The van der Waals surface area contributed by atoms with Crippen molar-refractivity contribution in [3.63, 3.8) is 0 Å². The number of nitrogens with one attached hydrogen (secondary N) is 1. The Labute approximate surface area is 195 Å². The molecule has 0 aliphatic heterocycles. The topological polar surface area (TPSA) is 46.6 Å². The van der Waals surface area contributed by atoms with Gasteiger partial charge in [0.05, 0.1) is 12.8 Å². The number of alkyl halides is 3. The third kappa shape index (κ3) is 7.09. The molecule has 0 saturated heterocycles. The van der Waals surface area contributed by atoms with Crippen LogP contribution in [0.1, 0.15) is 4.88 Å². The first-order chi connectivity index (χ1) is 14.8. The summed E-state index contributed by atoms with van der Waals surface area (Å²) < 4.78 is 47.1. The number of aromatic nitrogens is 1.